The van der Waals surface area contributed by atoms with Crippen molar-refractivity contribution < 1.29 is 14.6 Å². The van der Waals surface area contributed by atoms with Crippen LogP contribution in [-0.4, -0.2) is 72.4 Å². The molecule has 18 heavy (non-hydrogen) atoms. The van der Waals surface area contributed by atoms with Crippen LogP contribution in [-0.2, 0) is 9.53 Å². The minimum atomic E-state index is -0.770. The molecule has 0 aliphatic carbocycles. The van der Waals surface area contributed by atoms with Gasteiger partial charge in [0.05, 0.1) is 6.61 Å². The first-order chi connectivity index (χ1) is 8.63. The number of carbonyl (C=O) groups is 1. The molecule has 5 nitrogen and oxygen atoms in total. The molecule has 5 heteroatoms. The van der Waals surface area contributed by atoms with Gasteiger partial charge >= 0.3 is 5.97 Å². The zero-order chi connectivity index (χ0) is 13.1. The summed E-state index contributed by atoms with van der Waals surface area (Å²) in [6, 6.07) is 0.318. The van der Waals surface area contributed by atoms with Crippen molar-refractivity contribution in [3.8, 4) is 0 Å². The fraction of sp³-hybridized carbons (Fsp3) is 0.923. The zero-order valence-corrected chi connectivity index (χ0v) is 11.3. The van der Waals surface area contributed by atoms with Crippen LogP contribution < -0.4 is 0 Å². The fourth-order valence-corrected chi connectivity index (χ4v) is 3.28. The summed E-state index contributed by atoms with van der Waals surface area (Å²) in [5.74, 6) is -0.770. The van der Waals surface area contributed by atoms with E-state index in [1.807, 2.05) is 0 Å². The van der Waals surface area contributed by atoms with Crippen LogP contribution in [0.15, 0.2) is 0 Å². The van der Waals surface area contributed by atoms with Crippen LogP contribution in [0.5, 0.6) is 0 Å². The smallest absolute Gasteiger partial charge is 0.323 e. The van der Waals surface area contributed by atoms with E-state index in [4.69, 9.17) is 4.74 Å². The number of ether oxygens (including phenoxy) is 1. The molecule has 0 aromatic carbocycles. The van der Waals surface area contributed by atoms with Gasteiger partial charge in [0.2, 0.25) is 0 Å². The number of fused-ring (bicyclic) bond motifs is 1. The van der Waals surface area contributed by atoms with E-state index in [2.05, 4.69) is 16.7 Å². The van der Waals surface area contributed by atoms with E-state index < -0.39 is 12.0 Å². The average Bonchev–Trinajstić information content (AvgIpc) is 2.35. The van der Waals surface area contributed by atoms with E-state index in [0.29, 0.717) is 6.04 Å². The van der Waals surface area contributed by atoms with Crippen molar-refractivity contribution in [2.45, 2.75) is 44.3 Å². The molecular weight excluding hydrogens is 232 g/mol. The van der Waals surface area contributed by atoms with Crippen LogP contribution in [0.2, 0.25) is 0 Å². The Labute approximate surface area is 109 Å². The summed E-state index contributed by atoms with van der Waals surface area (Å²) in [6.07, 6.45) is 3.75. The molecular formula is C13H24N2O3. The molecule has 2 aliphatic heterocycles. The normalized spacial score (nSPS) is 31.9. The first-order valence-electron chi connectivity index (χ1n) is 6.85. The summed E-state index contributed by atoms with van der Waals surface area (Å²) in [7, 11) is 1.57. The fourth-order valence-electron chi connectivity index (χ4n) is 3.28. The van der Waals surface area contributed by atoms with Crippen LogP contribution >= 0.6 is 0 Å². The standard InChI is InChI=1S/C13H24N2O3/c1-10-7-14-6-4-3-5-11(14)8-15(10)12(9-18-2)13(16)17/h10-12H,3-9H2,1-2H3,(H,16,17). The van der Waals surface area contributed by atoms with Gasteiger partial charge in [0, 0.05) is 32.3 Å². The molecule has 3 unspecified atom stereocenters. The predicted molar refractivity (Wildman–Crippen MR) is 68.7 cm³/mol. The number of rotatable bonds is 4. The van der Waals surface area contributed by atoms with Crippen LogP contribution in [0.4, 0.5) is 0 Å². The number of carboxylic acid groups (broad SMARTS) is 1. The molecule has 104 valence electrons. The van der Waals surface area contributed by atoms with E-state index in [-0.39, 0.29) is 12.6 Å². The third kappa shape index (κ3) is 2.84. The van der Waals surface area contributed by atoms with Gasteiger partial charge in [-0.2, -0.15) is 0 Å². The molecule has 1 N–H and O–H groups in total. The Morgan fingerprint density at radius 2 is 2.22 bits per heavy atom. The van der Waals surface area contributed by atoms with Crippen molar-refractivity contribution in [2.24, 2.45) is 0 Å². The van der Waals surface area contributed by atoms with Crippen LogP contribution in [0.1, 0.15) is 26.2 Å². The lowest BCUT2D eigenvalue weighted by Crippen LogP contribution is -2.63. The Morgan fingerprint density at radius 1 is 1.44 bits per heavy atom. The lowest BCUT2D eigenvalue weighted by atomic mass is 9.96. The second kappa shape index (κ2) is 5.99. The number of nitrogens with zero attached hydrogens (tertiary/aromatic N) is 2. The summed E-state index contributed by atoms with van der Waals surface area (Å²) >= 11 is 0. The molecule has 0 bridgehead atoms. The quantitative estimate of drug-likeness (QED) is 0.800. The number of hydrogen-bond acceptors (Lipinski definition) is 4. The van der Waals surface area contributed by atoms with Gasteiger partial charge in [-0.1, -0.05) is 6.42 Å². The van der Waals surface area contributed by atoms with Gasteiger partial charge in [0.1, 0.15) is 6.04 Å². The van der Waals surface area contributed by atoms with E-state index in [1.165, 1.54) is 25.8 Å². The maximum Gasteiger partial charge on any atom is 0.323 e. The molecule has 3 atom stereocenters. The van der Waals surface area contributed by atoms with E-state index in [0.717, 1.165) is 13.1 Å². The lowest BCUT2D eigenvalue weighted by Gasteiger charge is -2.49. The Morgan fingerprint density at radius 3 is 2.89 bits per heavy atom. The largest absolute Gasteiger partial charge is 0.480 e. The summed E-state index contributed by atoms with van der Waals surface area (Å²) in [6.45, 7) is 5.41. The number of hydrogen-bond donors (Lipinski definition) is 1. The van der Waals surface area contributed by atoms with Crippen molar-refractivity contribution in [3.63, 3.8) is 0 Å². The van der Waals surface area contributed by atoms with Crippen molar-refractivity contribution >= 4 is 5.97 Å². The monoisotopic (exact) mass is 256 g/mol. The SMILES string of the molecule is COCC(C(=O)O)N1CC2CCCCN2CC1C. The maximum atomic E-state index is 11.4. The molecule has 0 amide bonds. The highest BCUT2D eigenvalue weighted by Gasteiger charge is 2.38. The minimum absolute atomic E-state index is 0.270. The van der Waals surface area contributed by atoms with Crippen molar-refractivity contribution in [1.29, 1.82) is 0 Å². The van der Waals surface area contributed by atoms with Gasteiger partial charge in [0.25, 0.3) is 0 Å². The van der Waals surface area contributed by atoms with Crippen molar-refractivity contribution in [3.05, 3.63) is 0 Å². The maximum absolute atomic E-state index is 11.4. The predicted octanol–water partition coefficient (Wildman–Crippen LogP) is 0.645. The Kier molecular flexibility index (Phi) is 4.59. The van der Waals surface area contributed by atoms with Gasteiger partial charge in [-0.15, -0.1) is 0 Å². The third-order valence-corrected chi connectivity index (χ3v) is 4.25. The van der Waals surface area contributed by atoms with Crippen LogP contribution in [0.3, 0.4) is 0 Å². The van der Waals surface area contributed by atoms with E-state index in [9.17, 15) is 9.90 Å². The highest BCUT2D eigenvalue weighted by atomic mass is 16.5. The first kappa shape index (κ1) is 13.8. The van der Waals surface area contributed by atoms with Gasteiger partial charge in [-0.05, 0) is 26.3 Å². The molecule has 2 aliphatic rings. The van der Waals surface area contributed by atoms with Crippen LogP contribution in [0, 0.1) is 0 Å². The molecule has 2 fully saturated rings. The second-order valence-corrected chi connectivity index (χ2v) is 5.50. The highest BCUT2D eigenvalue weighted by Crippen LogP contribution is 2.25. The number of piperazine rings is 1. The zero-order valence-electron chi connectivity index (χ0n) is 11.3. The molecule has 0 aromatic rings. The number of aliphatic carboxylic acids is 1. The number of carboxylic acids is 1. The van der Waals surface area contributed by atoms with Crippen molar-refractivity contribution in [2.75, 3.05) is 33.4 Å². The number of piperidine rings is 1. The molecule has 2 heterocycles. The van der Waals surface area contributed by atoms with Gasteiger partial charge in [-0.25, -0.2) is 0 Å². The van der Waals surface area contributed by atoms with E-state index in [1.54, 1.807) is 7.11 Å². The first-order valence-corrected chi connectivity index (χ1v) is 6.85. The Hall–Kier alpha value is -0.650. The van der Waals surface area contributed by atoms with E-state index >= 15 is 0 Å². The van der Waals surface area contributed by atoms with Gasteiger partial charge in [-0.3, -0.25) is 14.6 Å². The molecule has 2 saturated heterocycles. The van der Waals surface area contributed by atoms with Gasteiger partial charge < -0.3 is 9.84 Å². The average molecular weight is 256 g/mol. The molecule has 0 aromatic heterocycles. The lowest BCUT2D eigenvalue weighted by molar-refractivity contribution is -0.149. The third-order valence-electron chi connectivity index (χ3n) is 4.25. The number of methoxy groups -OCH3 is 1. The summed E-state index contributed by atoms with van der Waals surface area (Å²) in [5.41, 5.74) is 0. The minimum Gasteiger partial charge on any atom is -0.480 e. The molecule has 2 rings (SSSR count). The van der Waals surface area contributed by atoms with Crippen LogP contribution in [0.25, 0.3) is 0 Å². The Balaban J connectivity index is 2.05. The van der Waals surface area contributed by atoms with Crippen molar-refractivity contribution in [1.82, 2.24) is 9.80 Å². The Bertz CT molecular complexity index is 298. The molecule has 0 spiro atoms. The van der Waals surface area contributed by atoms with Gasteiger partial charge in [0.15, 0.2) is 0 Å². The summed E-state index contributed by atoms with van der Waals surface area (Å²) in [4.78, 5) is 16.0. The topological polar surface area (TPSA) is 53.0 Å². The molecule has 0 saturated carbocycles. The molecule has 0 radical (unpaired) electrons. The summed E-state index contributed by atoms with van der Waals surface area (Å²) in [5, 5.41) is 9.34. The summed E-state index contributed by atoms with van der Waals surface area (Å²) < 4.78 is 5.07. The highest BCUT2D eigenvalue weighted by molar-refractivity contribution is 5.73. The second-order valence-electron chi connectivity index (χ2n) is 5.50.